The zero-order chi connectivity index (χ0) is 15.3. The van der Waals surface area contributed by atoms with Crippen molar-refractivity contribution in [3.63, 3.8) is 0 Å². The van der Waals surface area contributed by atoms with Gasteiger partial charge in [-0.2, -0.15) is 0 Å². The number of halogens is 1. The highest BCUT2D eigenvalue weighted by atomic mass is 32.2. The van der Waals surface area contributed by atoms with Crippen molar-refractivity contribution in [2.75, 3.05) is 32.6 Å². The molecule has 0 bridgehead atoms. The lowest BCUT2D eigenvalue weighted by Gasteiger charge is -2.35. The van der Waals surface area contributed by atoms with Crippen LogP contribution in [0.5, 0.6) is 0 Å². The molecule has 0 unspecified atom stereocenters. The molecule has 4 nitrogen and oxygen atoms in total. The average molecular weight is 313 g/mol. The first-order chi connectivity index (χ1) is 9.98. The standard InChI is InChI=1S/C15H20FNO3S/c1-17(11-15(19)6-8-20-9-7-15)14(18)10-21-13-4-2-12(16)3-5-13/h2-5,19H,6-11H2,1H3. The molecular weight excluding hydrogens is 293 g/mol. The van der Waals surface area contributed by atoms with Crippen molar-refractivity contribution in [2.24, 2.45) is 0 Å². The molecule has 0 radical (unpaired) electrons. The van der Waals surface area contributed by atoms with E-state index >= 15 is 0 Å². The molecule has 116 valence electrons. The van der Waals surface area contributed by atoms with Gasteiger partial charge in [0.2, 0.25) is 5.91 Å². The highest BCUT2D eigenvalue weighted by Crippen LogP contribution is 2.22. The van der Waals surface area contributed by atoms with Crippen LogP contribution >= 0.6 is 11.8 Å². The van der Waals surface area contributed by atoms with Crippen LogP contribution in [0.4, 0.5) is 4.39 Å². The van der Waals surface area contributed by atoms with E-state index in [0.29, 0.717) is 32.6 Å². The van der Waals surface area contributed by atoms with Gasteiger partial charge in [0.25, 0.3) is 0 Å². The second-order valence-corrected chi connectivity index (χ2v) is 6.38. The van der Waals surface area contributed by atoms with Gasteiger partial charge in [0.05, 0.1) is 11.4 Å². The highest BCUT2D eigenvalue weighted by Gasteiger charge is 2.32. The van der Waals surface area contributed by atoms with E-state index in [1.165, 1.54) is 23.9 Å². The first-order valence-corrected chi connectivity index (χ1v) is 7.90. The minimum atomic E-state index is -0.844. The average Bonchev–Trinajstić information content (AvgIpc) is 2.46. The number of amides is 1. The van der Waals surface area contributed by atoms with Crippen molar-refractivity contribution in [2.45, 2.75) is 23.3 Å². The maximum Gasteiger partial charge on any atom is 0.232 e. The maximum absolute atomic E-state index is 12.8. The fourth-order valence-corrected chi connectivity index (χ4v) is 3.06. The quantitative estimate of drug-likeness (QED) is 0.844. The molecule has 0 saturated carbocycles. The van der Waals surface area contributed by atoms with E-state index in [0.717, 1.165) is 4.90 Å². The zero-order valence-electron chi connectivity index (χ0n) is 12.0. The molecule has 21 heavy (non-hydrogen) atoms. The Morgan fingerprint density at radius 1 is 1.38 bits per heavy atom. The normalized spacial score (nSPS) is 17.5. The number of ether oxygens (including phenoxy) is 1. The van der Waals surface area contributed by atoms with Crippen LogP contribution in [0.1, 0.15) is 12.8 Å². The Morgan fingerprint density at radius 3 is 2.62 bits per heavy atom. The Balaban J connectivity index is 1.80. The van der Waals surface area contributed by atoms with E-state index in [1.807, 2.05) is 0 Å². The van der Waals surface area contributed by atoms with Crippen LogP contribution in [-0.2, 0) is 9.53 Å². The third kappa shape index (κ3) is 4.98. The summed E-state index contributed by atoms with van der Waals surface area (Å²) in [6, 6.07) is 6.06. The smallest absolute Gasteiger partial charge is 0.232 e. The van der Waals surface area contributed by atoms with Crippen molar-refractivity contribution in [3.05, 3.63) is 30.1 Å². The maximum atomic E-state index is 12.8. The van der Waals surface area contributed by atoms with Crippen LogP contribution in [0.15, 0.2) is 29.2 Å². The monoisotopic (exact) mass is 313 g/mol. The summed E-state index contributed by atoms with van der Waals surface area (Å²) in [5, 5.41) is 10.4. The molecule has 1 aliphatic rings. The number of aliphatic hydroxyl groups is 1. The molecule has 1 aromatic rings. The lowest BCUT2D eigenvalue weighted by Crippen LogP contribution is -2.47. The van der Waals surface area contributed by atoms with Gasteiger partial charge in [0, 0.05) is 44.5 Å². The highest BCUT2D eigenvalue weighted by molar-refractivity contribution is 8.00. The van der Waals surface area contributed by atoms with Crippen LogP contribution in [0.2, 0.25) is 0 Å². The summed E-state index contributed by atoms with van der Waals surface area (Å²) in [7, 11) is 1.70. The van der Waals surface area contributed by atoms with E-state index < -0.39 is 5.60 Å². The molecule has 1 aliphatic heterocycles. The summed E-state index contributed by atoms with van der Waals surface area (Å²) in [6.45, 7) is 1.38. The van der Waals surface area contributed by atoms with Gasteiger partial charge in [0.1, 0.15) is 5.82 Å². The molecule has 0 aromatic heterocycles. The van der Waals surface area contributed by atoms with Crippen molar-refractivity contribution in [1.29, 1.82) is 0 Å². The predicted octanol–water partition coefficient (Wildman–Crippen LogP) is 1.92. The van der Waals surface area contributed by atoms with Crippen LogP contribution in [0.3, 0.4) is 0 Å². The van der Waals surface area contributed by atoms with Crippen molar-refractivity contribution in [1.82, 2.24) is 4.90 Å². The topological polar surface area (TPSA) is 49.8 Å². The SMILES string of the molecule is CN(CC1(O)CCOCC1)C(=O)CSc1ccc(F)cc1. The fourth-order valence-electron chi connectivity index (χ4n) is 2.23. The Bertz CT molecular complexity index is 474. The molecule has 0 aliphatic carbocycles. The summed E-state index contributed by atoms with van der Waals surface area (Å²) < 4.78 is 18.0. The summed E-state index contributed by atoms with van der Waals surface area (Å²) in [5.74, 6) is -0.0666. The third-order valence-electron chi connectivity index (χ3n) is 3.56. The molecule has 1 saturated heterocycles. The summed E-state index contributed by atoms with van der Waals surface area (Å²) in [5.41, 5.74) is -0.844. The lowest BCUT2D eigenvalue weighted by atomic mass is 9.94. The largest absolute Gasteiger partial charge is 0.388 e. The number of rotatable bonds is 5. The van der Waals surface area contributed by atoms with Crippen LogP contribution in [0, 0.1) is 5.82 Å². The van der Waals surface area contributed by atoms with Crippen LogP contribution < -0.4 is 0 Å². The van der Waals surface area contributed by atoms with Crippen LogP contribution in [-0.4, -0.2) is 54.1 Å². The van der Waals surface area contributed by atoms with Crippen molar-refractivity contribution >= 4 is 17.7 Å². The molecular formula is C15H20FNO3S. The van der Waals surface area contributed by atoms with Gasteiger partial charge in [-0.05, 0) is 24.3 Å². The minimum absolute atomic E-state index is 0.0516. The number of carbonyl (C=O) groups is 1. The molecule has 2 rings (SSSR count). The Morgan fingerprint density at radius 2 is 2.00 bits per heavy atom. The summed E-state index contributed by atoms with van der Waals surface area (Å²) in [6.07, 6.45) is 1.10. The number of nitrogens with zero attached hydrogens (tertiary/aromatic N) is 1. The van der Waals surface area contributed by atoms with Gasteiger partial charge in [0.15, 0.2) is 0 Å². The first kappa shape index (κ1) is 16.3. The number of carbonyl (C=O) groups excluding carboxylic acids is 1. The minimum Gasteiger partial charge on any atom is -0.388 e. The van der Waals surface area contributed by atoms with Crippen molar-refractivity contribution < 1.29 is 19.0 Å². The first-order valence-electron chi connectivity index (χ1n) is 6.91. The molecule has 1 amide bonds. The second-order valence-electron chi connectivity index (χ2n) is 5.33. The van der Waals surface area contributed by atoms with E-state index in [2.05, 4.69) is 0 Å². The molecule has 1 heterocycles. The zero-order valence-corrected chi connectivity index (χ0v) is 12.9. The molecule has 0 spiro atoms. The second kappa shape index (κ2) is 7.24. The van der Waals surface area contributed by atoms with Gasteiger partial charge in [-0.15, -0.1) is 11.8 Å². The molecule has 0 atom stereocenters. The number of benzene rings is 1. The molecule has 6 heteroatoms. The Kier molecular flexibility index (Phi) is 5.61. The van der Waals surface area contributed by atoms with E-state index in [-0.39, 0.29) is 17.5 Å². The Labute approximate surface area is 128 Å². The Hall–Kier alpha value is -1.11. The van der Waals surface area contributed by atoms with Crippen LogP contribution in [0.25, 0.3) is 0 Å². The number of hydrogen-bond donors (Lipinski definition) is 1. The van der Waals surface area contributed by atoms with Gasteiger partial charge < -0.3 is 14.7 Å². The molecule has 1 aromatic carbocycles. The number of hydrogen-bond acceptors (Lipinski definition) is 4. The lowest BCUT2D eigenvalue weighted by molar-refractivity contribution is -0.134. The third-order valence-corrected chi connectivity index (χ3v) is 4.55. The van der Waals surface area contributed by atoms with Gasteiger partial charge >= 0.3 is 0 Å². The van der Waals surface area contributed by atoms with Gasteiger partial charge in [-0.1, -0.05) is 0 Å². The number of thioether (sulfide) groups is 1. The molecule has 1 N–H and O–H groups in total. The van der Waals surface area contributed by atoms with E-state index in [1.54, 1.807) is 24.1 Å². The predicted molar refractivity (Wildman–Crippen MR) is 79.8 cm³/mol. The van der Waals surface area contributed by atoms with E-state index in [4.69, 9.17) is 4.74 Å². The van der Waals surface area contributed by atoms with Gasteiger partial charge in [-0.3, -0.25) is 4.79 Å². The van der Waals surface area contributed by atoms with E-state index in [9.17, 15) is 14.3 Å². The number of likely N-dealkylation sites (N-methyl/N-ethyl adjacent to an activating group) is 1. The summed E-state index contributed by atoms with van der Waals surface area (Å²) >= 11 is 1.36. The van der Waals surface area contributed by atoms with Gasteiger partial charge in [-0.25, -0.2) is 4.39 Å². The summed E-state index contributed by atoms with van der Waals surface area (Å²) in [4.78, 5) is 14.5. The fraction of sp³-hybridized carbons (Fsp3) is 0.533. The molecule has 1 fully saturated rings. The van der Waals surface area contributed by atoms with Crippen molar-refractivity contribution in [3.8, 4) is 0 Å².